The Morgan fingerprint density at radius 2 is 2.00 bits per heavy atom. The van der Waals surface area contributed by atoms with E-state index in [1.807, 2.05) is 0 Å². The highest BCUT2D eigenvalue weighted by Crippen LogP contribution is 2.12. The van der Waals surface area contributed by atoms with E-state index in [0.29, 0.717) is 0 Å². The molecule has 0 saturated carbocycles. The number of nitrogens with one attached hydrogen (secondary N) is 1. The molecule has 1 fully saturated rings. The van der Waals surface area contributed by atoms with E-state index in [2.05, 4.69) is 35.8 Å². The molecule has 0 amide bonds. The Kier molecular flexibility index (Phi) is 7.49. The Morgan fingerprint density at radius 1 is 1.27 bits per heavy atom. The highest BCUT2D eigenvalue weighted by atomic mass is 32.2. The summed E-state index contributed by atoms with van der Waals surface area (Å²) in [4.78, 5) is 2.68. The molecule has 0 unspecified atom stereocenters. The van der Waals surface area contributed by atoms with Crippen molar-refractivity contribution in [3.63, 3.8) is 0 Å². The Bertz CT molecular complexity index is 147. The number of hydrogen-bond acceptors (Lipinski definition) is 3. The van der Waals surface area contributed by atoms with E-state index in [9.17, 15) is 0 Å². The van der Waals surface area contributed by atoms with Gasteiger partial charge >= 0.3 is 0 Å². The smallest absolute Gasteiger partial charge is 0.0119 e. The Morgan fingerprint density at radius 3 is 2.60 bits per heavy atom. The minimum atomic E-state index is 0.850. The molecule has 1 saturated heterocycles. The highest BCUT2D eigenvalue weighted by molar-refractivity contribution is 7.99. The van der Waals surface area contributed by atoms with Crippen molar-refractivity contribution in [2.75, 3.05) is 37.7 Å². The van der Waals surface area contributed by atoms with Crippen LogP contribution in [0.2, 0.25) is 0 Å². The first-order valence-corrected chi connectivity index (χ1v) is 7.56. The van der Waals surface area contributed by atoms with E-state index in [0.717, 1.165) is 6.04 Å². The fourth-order valence-corrected chi connectivity index (χ4v) is 2.91. The van der Waals surface area contributed by atoms with Crippen LogP contribution in [-0.4, -0.2) is 48.6 Å². The third-order valence-corrected chi connectivity index (χ3v) is 4.15. The molecule has 0 radical (unpaired) electrons. The van der Waals surface area contributed by atoms with Crippen molar-refractivity contribution >= 4 is 11.8 Å². The molecule has 0 aliphatic carbocycles. The van der Waals surface area contributed by atoms with Gasteiger partial charge in [0.2, 0.25) is 0 Å². The summed E-state index contributed by atoms with van der Waals surface area (Å²) >= 11 is 2.07. The first-order valence-electron chi connectivity index (χ1n) is 6.41. The lowest BCUT2D eigenvalue weighted by Crippen LogP contribution is -2.43. The summed E-state index contributed by atoms with van der Waals surface area (Å²) in [6.45, 7) is 9.50. The summed E-state index contributed by atoms with van der Waals surface area (Å²) in [5.41, 5.74) is 0. The lowest BCUT2D eigenvalue weighted by molar-refractivity contribution is 0.171. The molecular weight excluding hydrogens is 204 g/mol. The molecule has 1 aliphatic heterocycles. The third-order valence-electron chi connectivity index (χ3n) is 3.17. The van der Waals surface area contributed by atoms with Gasteiger partial charge in [-0.25, -0.2) is 0 Å². The van der Waals surface area contributed by atoms with Crippen molar-refractivity contribution in [2.45, 2.75) is 39.2 Å². The second-order valence-corrected chi connectivity index (χ2v) is 5.55. The Hall–Kier alpha value is 0.270. The zero-order chi connectivity index (χ0) is 10.9. The van der Waals surface area contributed by atoms with E-state index in [1.165, 1.54) is 56.9 Å². The quantitative estimate of drug-likeness (QED) is 0.675. The van der Waals surface area contributed by atoms with Gasteiger partial charge in [0, 0.05) is 6.04 Å². The van der Waals surface area contributed by atoms with Crippen molar-refractivity contribution in [3.05, 3.63) is 0 Å². The molecule has 2 nitrogen and oxygen atoms in total. The van der Waals surface area contributed by atoms with Crippen molar-refractivity contribution < 1.29 is 0 Å². The van der Waals surface area contributed by atoms with Crippen molar-refractivity contribution in [1.82, 2.24) is 10.2 Å². The monoisotopic (exact) mass is 230 g/mol. The van der Waals surface area contributed by atoms with Gasteiger partial charge in [0.25, 0.3) is 0 Å². The van der Waals surface area contributed by atoms with Crippen LogP contribution in [0, 0.1) is 0 Å². The molecule has 1 N–H and O–H groups in total. The van der Waals surface area contributed by atoms with Gasteiger partial charge in [-0.15, -0.1) is 0 Å². The van der Waals surface area contributed by atoms with Crippen LogP contribution in [0.1, 0.15) is 33.1 Å². The van der Waals surface area contributed by atoms with Gasteiger partial charge in [0.1, 0.15) is 0 Å². The topological polar surface area (TPSA) is 15.3 Å². The maximum absolute atomic E-state index is 3.44. The van der Waals surface area contributed by atoms with Gasteiger partial charge in [-0.1, -0.05) is 13.8 Å². The molecule has 0 aromatic rings. The van der Waals surface area contributed by atoms with Crippen LogP contribution < -0.4 is 5.32 Å². The summed E-state index contributed by atoms with van der Waals surface area (Å²) < 4.78 is 0. The van der Waals surface area contributed by atoms with Gasteiger partial charge in [0.15, 0.2) is 0 Å². The summed E-state index contributed by atoms with van der Waals surface area (Å²) in [5.74, 6) is 2.59. The first-order chi connectivity index (χ1) is 7.38. The van der Waals surface area contributed by atoms with Crippen LogP contribution >= 0.6 is 11.8 Å². The van der Waals surface area contributed by atoms with Crippen LogP contribution in [0.5, 0.6) is 0 Å². The number of rotatable bonds is 7. The fourth-order valence-electron chi connectivity index (χ4n) is 2.28. The number of piperidine rings is 1. The van der Waals surface area contributed by atoms with Crippen LogP contribution in [0.4, 0.5) is 0 Å². The second kappa shape index (κ2) is 8.43. The summed E-state index contributed by atoms with van der Waals surface area (Å²) in [7, 11) is 0. The lowest BCUT2D eigenvalue weighted by atomic mass is 10.0. The molecule has 0 atom stereocenters. The zero-order valence-corrected chi connectivity index (χ0v) is 11.1. The summed E-state index contributed by atoms with van der Waals surface area (Å²) in [5, 5.41) is 3.44. The van der Waals surface area contributed by atoms with Crippen LogP contribution in [0.25, 0.3) is 0 Å². The van der Waals surface area contributed by atoms with Gasteiger partial charge < -0.3 is 10.2 Å². The standard InChI is InChI=1S/C12H26N2S/c1-3-14(10-5-11-15-4-2)12-6-8-13-9-7-12/h12-13H,3-11H2,1-2H3. The molecular formula is C12H26N2S. The first kappa shape index (κ1) is 13.3. The molecule has 1 heterocycles. The summed E-state index contributed by atoms with van der Waals surface area (Å²) in [6, 6.07) is 0.850. The fraction of sp³-hybridized carbons (Fsp3) is 1.00. The molecule has 1 aliphatic rings. The number of nitrogens with zero attached hydrogens (tertiary/aromatic N) is 1. The minimum Gasteiger partial charge on any atom is -0.317 e. The Labute approximate surface area is 99.2 Å². The van der Waals surface area contributed by atoms with E-state index < -0.39 is 0 Å². The normalized spacial score (nSPS) is 18.6. The van der Waals surface area contributed by atoms with E-state index >= 15 is 0 Å². The molecule has 0 spiro atoms. The molecule has 3 heteroatoms. The predicted octanol–water partition coefficient (Wildman–Crippen LogP) is 2.20. The van der Waals surface area contributed by atoms with E-state index in [1.54, 1.807) is 0 Å². The highest BCUT2D eigenvalue weighted by Gasteiger charge is 2.18. The molecule has 0 bridgehead atoms. The Balaban J connectivity index is 2.15. The van der Waals surface area contributed by atoms with Gasteiger partial charge in [-0.3, -0.25) is 0 Å². The van der Waals surface area contributed by atoms with Crippen molar-refractivity contribution in [1.29, 1.82) is 0 Å². The maximum Gasteiger partial charge on any atom is 0.0119 e. The zero-order valence-electron chi connectivity index (χ0n) is 10.3. The second-order valence-electron chi connectivity index (χ2n) is 4.16. The van der Waals surface area contributed by atoms with Crippen LogP contribution in [0.15, 0.2) is 0 Å². The lowest BCUT2D eigenvalue weighted by Gasteiger charge is -2.33. The SMILES string of the molecule is CCSCCCN(CC)C1CCNCC1. The largest absolute Gasteiger partial charge is 0.317 e. The molecule has 1 rings (SSSR count). The van der Waals surface area contributed by atoms with Gasteiger partial charge in [-0.2, -0.15) is 11.8 Å². The van der Waals surface area contributed by atoms with Crippen molar-refractivity contribution in [2.24, 2.45) is 0 Å². The average molecular weight is 230 g/mol. The third kappa shape index (κ3) is 5.23. The van der Waals surface area contributed by atoms with Crippen molar-refractivity contribution in [3.8, 4) is 0 Å². The number of thioether (sulfide) groups is 1. The van der Waals surface area contributed by atoms with E-state index in [4.69, 9.17) is 0 Å². The molecule has 15 heavy (non-hydrogen) atoms. The molecule has 90 valence electrons. The average Bonchev–Trinajstić information content (AvgIpc) is 2.30. The number of hydrogen-bond donors (Lipinski definition) is 1. The minimum absolute atomic E-state index is 0.850. The summed E-state index contributed by atoms with van der Waals surface area (Å²) in [6.07, 6.45) is 4.04. The maximum atomic E-state index is 3.44. The molecule has 0 aromatic carbocycles. The van der Waals surface area contributed by atoms with Crippen LogP contribution in [0.3, 0.4) is 0 Å². The van der Waals surface area contributed by atoms with Gasteiger partial charge in [0.05, 0.1) is 0 Å². The van der Waals surface area contributed by atoms with E-state index in [-0.39, 0.29) is 0 Å². The predicted molar refractivity (Wildman–Crippen MR) is 70.8 cm³/mol. The molecule has 0 aromatic heterocycles. The van der Waals surface area contributed by atoms with Crippen LogP contribution in [-0.2, 0) is 0 Å². The van der Waals surface area contributed by atoms with Gasteiger partial charge in [-0.05, 0) is 56.9 Å².